The number of aryl methyl sites for hydroxylation is 1. The number of hydrogen-bond donors (Lipinski definition) is 2. The molecule has 35 heavy (non-hydrogen) atoms. The Morgan fingerprint density at radius 3 is 2.63 bits per heavy atom. The van der Waals surface area contributed by atoms with Crippen LogP contribution in [0.15, 0.2) is 67.0 Å². The first-order valence-corrected chi connectivity index (χ1v) is 11.6. The smallest absolute Gasteiger partial charge is 0.251 e. The van der Waals surface area contributed by atoms with E-state index >= 15 is 0 Å². The molecule has 0 spiro atoms. The Hall–Kier alpha value is -4.15. The summed E-state index contributed by atoms with van der Waals surface area (Å²) in [6, 6.07) is 18.9. The molecule has 0 aliphatic carbocycles. The van der Waals surface area contributed by atoms with Crippen LogP contribution >= 0.6 is 0 Å². The van der Waals surface area contributed by atoms with Crippen molar-refractivity contribution in [3.05, 3.63) is 89.2 Å². The summed E-state index contributed by atoms with van der Waals surface area (Å²) in [4.78, 5) is 17.6. The van der Waals surface area contributed by atoms with Crippen LogP contribution in [0.1, 0.15) is 40.9 Å². The van der Waals surface area contributed by atoms with Gasteiger partial charge in [0.25, 0.3) is 5.91 Å². The number of pyridine rings is 1. The van der Waals surface area contributed by atoms with E-state index in [9.17, 15) is 10.1 Å². The predicted molar refractivity (Wildman–Crippen MR) is 136 cm³/mol. The summed E-state index contributed by atoms with van der Waals surface area (Å²) in [6.07, 6.45) is 4.54. The maximum absolute atomic E-state index is 12.8. The first-order chi connectivity index (χ1) is 16.9. The number of nitrogens with two attached hydrogens (primary N) is 1. The maximum atomic E-state index is 12.8. The molecule has 1 amide bonds. The minimum absolute atomic E-state index is 0.0633. The third kappa shape index (κ3) is 5.51. The monoisotopic (exact) mass is 467 g/mol. The van der Waals surface area contributed by atoms with Crippen molar-refractivity contribution in [2.24, 2.45) is 5.73 Å². The number of ether oxygens (including phenoxy) is 1. The van der Waals surface area contributed by atoms with Crippen molar-refractivity contribution in [3.8, 4) is 23.1 Å². The third-order valence-electron chi connectivity index (χ3n) is 5.75. The zero-order valence-corrected chi connectivity index (χ0v) is 20.2. The Kier molecular flexibility index (Phi) is 7.14. The molecule has 4 rings (SSSR count). The Morgan fingerprint density at radius 1 is 1.20 bits per heavy atom. The van der Waals surface area contributed by atoms with Crippen LogP contribution in [0.2, 0.25) is 0 Å². The van der Waals surface area contributed by atoms with Gasteiger partial charge in [-0.3, -0.25) is 4.79 Å². The van der Waals surface area contributed by atoms with Gasteiger partial charge in [-0.2, -0.15) is 5.26 Å². The van der Waals surface area contributed by atoms with Crippen molar-refractivity contribution in [2.45, 2.75) is 39.3 Å². The molecule has 0 unspecified atom stereocenters. The van der Waals surface area contributed by atoms with Crippen molar-refractivity contribution in [1.82, 2.24) is 14.7 Å². The summed E-state index contributed by atoms with van der Waals surface area (Å²) in [5, 5.41) is 12.4. The van der Waals surface area contributed by atoms with E-state index in [2.05, 4.69) is 11.4 Å². The zero-order valence-electron chi connectivity index (χ0n) is 20.2. The van der Waals surface area contributed by atoms with Gasteiger partial charge in [0.2, 0.25) is 0 Å². The molecule has 0 saturated heterocycles. The molecular formula is C28H29N5O2. The fraction of sp³-hybridized carbons (Fsp3) is 0.250. The fourth-order valence-electron chi connectivity index (χ4n) is 3.97. The van der Waals surface area contributed by atoms with Crippen molar-refractivity contribution < 1.29 is 9.53 Å². The van der Waals surface area contributed by atoms with Gasteiger partial charge >= 0.3 is 0 Å². The highest BCUT2D eigenvalue weighted by Gasteiger charge is 2.16. The summed E-state index contributed by atoms with van der Waals surface area (Å²) in [6.45, 7) is 6.11. The van der Waals surface area contributed by atoms with Crippen molar-refractivity contribution >= 4 is 11.6 Å². The van der Waals surface area contributed by atoms with Crippen molar-refractivity contribution in [1.29, 1.82) is 5.26 Å². The van der Waals surface area contributed by atoms with Crippen LogP contribution in [-0.4, -0.2) is 34.0 Å². The zero-order chi connectivity index (χ0) is 24.9. The second kappa shape index (κ2) is 10.4. The van der Waals surface area contributed by atoms with Gasteiger partial charge in [0, 0.05) is 36.1 Å². The number of fused-ring (bicyclic) bond motifs is 1. The minimum Gasteiger partial charge on any atom is -0.490 e. The topological polar surface area (TPSA) is 105 Å². The van der Waals surface area contributed by atoms with E-state index in [1.54, 1.807) is 18.2 Å². The number of rotatable bonds is 8. The second-order valence-corrected chi connectivity index (χ2v) is 8.84. The largest absolute Gasteiger partial charge is 0.490 e. The highest BCUT2D eigenvalue weighted by atomic mass is 16.5. The number of benzene rings is 2. The number of nitrogens with zero attached hydrogens (tertiary/aromatic N) is 3. The molecule has 2 aromatic carbocycles. The number of carbonyl (C=O) groups excluding carboxylic acids is 1. The molecule has 0 fully saturated rings. The second-order valence-electron chi connectivity index (χ2n) is 8.84. The Morgan fingerprint density at radius 2 is 1.97 bits per heavy atom. The van der Waals surface area contributed by atoms with Crippen LogP contribution in [0.25, 0.3) is 16.9 Å². The lowest BCUT2D eigenvalue weighted by Crippen LogP contribution is -2.41. The number of nitriles is 1. The quantitative estimate of drug-likeness (QED) is 0.403. The van der Waals surface area contributed by atoms with E-state index in [0.717, 1.165) is 28.0 Å². The Bertz CT molecular complexity index is 1380. The molecule has 178 valence electrons. The molecule has 3 N–H and O–H groups in total. The molecule has 4 aromatic rings. The first kappa shape index (κ1) is 24.0. The SMILES string of the molecule is Cc1cccn2cc(-c3ccc(C[C@@H](CN)NC(=O)c4ccc(OC(C)C)c(C#N)c4)cc3)nc12. The van der Waals surface area contributed by atoms with Crippen LogP contribution in [0.3, 0.4) is 0 Å². The molecule has 2 aromatic heterocycles. The molecule has 0 aliphatic heterocycles. The summed E-state index contributed by atoms with van der Waals surface area (Å²) < 4.78 is 7.66. The lowest BCUT2D eigenvalue weighted by Gasteiger charge is -2.18. The highest BCUT2D eigenvalue weighted by Crippen LogP contribution is 2.23. The molecule has 1 atom stereocenters. The molecule has 7 heteroatoms. The van der Waals surface area contributed by atoms with Gasteiger partial charge in [0.1, 0.15) is 17.5 Å². The summed E-state index contributed by atoms with van der Waals surface area (Å²) in [5.74, 6) is 0.194. The molecule has 0 aliphatic rings. The van der Waals surface area contributed by atoms with E-state index in [0.29, 0.717) is 29.8 Å². The standard InChI is InChI=1S/C28H29N5O2/c1-18(2)35-26-11-10-22(14-23(26)15-29)28(34)31-24(16-30)13-20-6-8-21(9-7-20)25-17-33-12-4-5-19(3)27(33)32-25/h4-12,14,17-18,24H,13,16,30H2,1-3H3,(H,31,34)/t24-/m0/s1. The van der Waals surface area contributed by atoms with Crippen molar-refractivity contribution in [2.75, 3.05) is 6.54 Å². The average molecular weight is 468 g/mol. The van der Waals surface area contributed by atoms with Crippen LogP contribution in [0, 0.1) is 18.3 Å². The third-order valence-corrected chi connectivity index (χ3v) is 5.75. The number of imidazole rings is 1. The minimum atomic E-state index is -0.273. The van der Waals surface area contributed by atoms with Crippen LogP contribution in [-0.2, 0) is 6.42 Å². The first-order valence-electron chi connectivity index (χ1n) is 11.6. The molecule has 0 bridgehead atoms. The lowest BCUT2D eigenvalue weighted by atomic mass is 10.0. The van der Waals surface area contributed by atoms with Crippen LogP contribution < -0.4 is 15.8 Å². The van der Waals surface area contributed by atoms with Gasteiger partial charge < -0.3 is 20.2 Å². The number of aromatic nitrogens is 2. The maximum Gasteiger partial charge on any atom is 0.251 e. The van der Waals surface area contributed by atoms with Gasteiger partial charge in [-0.1, -0.05) is 30.3 Å². The number of nitrogens with one attached hydrogen (secondary N) is 1. The van der Waals surface area contributed by atoms with E-state index in [4.69, 9.17) is 15.5 Å². The molecule has 0 radical (unpaired) electrons. The lowest BCUT2D eigenvalue weighted by molar-refractivity contribution is 0.0938. The van der Waals surface area contributed by atoms with Crippen molar-refractivity contribution in [3.63, 3.8) is 0 Å². The Balaban J connectivity index is 1.44. The van der Waals surface area contributed by atoms with Gasteiger partial charge in [-0.15, -0.1) is 0 Å². The Labute approximate surface area is 205 Å². The molecule has 0 saturated carbocycles. The van der Waals surface area contributed by atoms with Crippen LogP contribution in [0.4, 0.5) is 0 Å². The normalized spacial score (nSPS) is 11.9. The highest BCUT2D eigenvalue weighted by molar-refractivity contribution is 5.95. The van der Waals surface area contributed by atoms with Gasteiger partial charge in [-0.25, -0.2) is 4.98 Å². The van der Waals surface area contributed by atoms with E-state index < -0.39 is 0 Å². The van der Waals surface area contributed by atoms with E-state index in [-0.39, 0.29) is 18.1 Å². The van der Waals surface area contributed by atoms with Gasteiger partial charge in [0.05, 0.1) is 17.4 Å². The summed E-state index contributed by atoms with van der Waals surface area (Å²) >= 11 is 0. The van der Waals surface area contributed by atoms with E-state index in [1.165, 1.54) is 0 Å². The molecule has 2 heterocycles. The summed E-state index contributed by atoms with van der Waals surface area (Å²) in [5.41, 5.74) is 11.7. The van der Waals surface area contributed by atoms with Gasteiger partial charge in [-0.05, 0) is 62.6 Å². The van der Waals surface area contributed by atoms with Crippen LogP contribution in [0.5, 0.6) is 5.75 Å². The summed E-state index contributed by atoms with van der Waals surface area (Å²) in [7, 11) is 0. The number of amides is 1. The number of hydrogen-bond acceptors (Lipinski definition) is 5. The van der Waals surface area contributed by atoms with E-state index in [1.807, 2.05) is 74.0 Å². The predicted octanol–water partition coefficient (Wildman–Crippen LogP) is 4.27. The van der Waals surface area contributed by atoms with Gasteiger partial charge in [0.15, 0.2) is 0 Å². The number of carbonyl (C=O) groups is 1. The fourth-order valence-corrected chi connectivity index (χ4v) is 3.97. The average Bonchev–Trinajstić information content (AvgIpc) is 3.29. The molecule has 7 nitrogen and oxygen atoms in total. The molecular weight excluding hydrogens is 438 g/mol.